The molecule has 2 aromatic rings. The summed E-state index contributed by atoms with van der Waals surface area (Å²) >= 11 is 1.17. The predicted octanol–water partition coefficient (Wildman–Crippen LogP) is 0.872. The van der Waals surface area contributed by atoms with Crippen molar-refractivity contribution in [1.82, 2.24) is 20.4 Å². The number of anilines is 1. The fourth-order valence-corrected chi connectivity index (χ4v) is 2.92. The van der Waals surface area contributed by atoms with E-state index in [1.54, 1.807) is 11.0 Å². The first-order chi connectivity index (χ1) is 10.1. The van der Waals surface area contributed by atoms with Crippen molar-refractivity contribution < 1.29 is 9.59 Å². The van der Waals surface area contributed by atoms with Gasteiger partial charge in [-0.15, -0.1) is 16.4 Å². The van der Waals surface area contributed by atoms with E-state index in [0.717, 1.165) is 0 Å². The van der Waals surface area contributed by atoms with Gasteiger partial charge in [-0.2, -0.15) is 5.10 Å². The molecule has 2 heterocycles. The van der Waals surface area contributed by atoms with Crippen LogP contribution in [0.2, 0.25) is 0 Å². The second-order valence-corrected chi connectivity index (χ2v) is 5.34. The Balaban J connectivity index is 2.09. The number of carbonyl (C=O) groups is 2. The summed E-state index contributed by atoms with van der Waals surface area (Å²) in [4.78, 5) is 26.6. The van der Waals surface area contributed by atoms with Crippen LogP contribution in [0.5, 0.6) is 0 Å². The van der Waals surface area contributed by atoms with Gasteiger partial charge in [-0.3, -0.25) is 9.59 Å². The van der Waals surface area contributed by atoms with Crippen LogP contribution < -0.4 is 11.1 Å². The summed E-state index contributed by atoms with van der Waals surface area (Å²) in [6.45, 7) is 4.98. The van der Waals surface area contributed by atoms with Gasteiger partial charge in [-0.1, -0.05) is 0 Å². The SMILES string of the molecule is CCN(CC)C(=O)CNC(=O)c1sc2nnccc2c1N. The first-order valence-corrected chi connectivity index (χ1v) is 7.45. The molecule has 0 fully saturated rings. The standard InChI is InChI=1S/C13H17N5O2S/c1-3-18(4-2)9(19)7-15-12(20)11-10(14)8-5-6-16-17-13(8)21-11/h5-6H,3-4,7,14H2,1-2H3,(H,15,20). The zero-order valence-corrected chi connectivity index (χ0v) is 12.7. The summed E-state index contributed by atoms with van der Waals surface area (Å²) in [7, 11) is 0. The molecule has 0 aliphatic carbocycles. The first-order valence-electron chi connectivity index (χ1n) is 6.64. The molecule has 0 radical (unpaired) electrons. The average Bonchev–Trinajstić information content (AvgIpc) is 2.84. The number of fused-ring (bicyclic) bond motifs is 1. The van der Waals surface area contributed by atoms with Crippen molar-refractivity contribution in [2.24, 2.45) is 0 Å². The highest BCUT2D eigenvalue weighted by Gasteiger charge is 2.18. The predicted molar refractivity (Wildman–Crippen MR) is 82.1 cm³/mol. The number of nitrogens with one attached hydrogen (secondary N) is 1. The minimum absolute atomic E-state index is 0.0418. The molecule has 8 heteroatoms. The van der Waals surface area contributed by atoms with Crippen LogP contribution in [-0.2, 0) is 4.79 Å². The Morgan fingerprint density at radius 1 is 1.38 bits per heavy atom. The molecule has 0 saturated carbocycles. The van der Waals surface area contributed by atoms with E-state index in [9.17, 15) is 9.59 Å². The molecule has 0 saturated heterocycles. The van der Waals surface area contributed by atoms with Crippen molar-refractivity contribution in [3.63, 3.8) is 0 Å². The Hall–Kier alpha value is -2.22. The van der Waals surface area contributed by atoms with Crippen molar-refractivity contribution in [3.05, 3.63) is 17.1 Å². The topological polar surface area (TPSA) is 101 Å². The van der Waals surface area contributed by atoms with Crippen LogP contribution in [-0.4, -0.2) is 46.5 Å². The molecule has 2 aromatic heterocycles. The van der Waals surface area contributed by atoms with E-state index in [1.807, 2.05) is 13.8 Å². The lowest BCUT2D eigenvalue weighted by molar-refractivity contribution is -0.129. The molecular formula is C13H17N5O2S. The summed E-state index contributed by atoms with van der Waals surface area (Å²) in [5.74, 6) is -0.483. The summed E-state index contributed by atoms with van der Waals surface area (Å²) in [6, 6.07) is 1.71. The van der Waals surface area contributed by atoms with Crippen LogP contribution in [0.4, 0.5) is 5.69 Å². The first kappa shape index (κ1) is 15.2. The van der Waals surface area contributed by atoms with Gasteiger partial charge in [0.1, 0.15) is 9.71 Å². The van der Waals surface area contributed by atoms with Gasteiger partial charge >= 0.3 is 0 Å². The summed E-state index contributed by atoms with van der Waals surface area (Å²) in [5.41, 5.74) is 6.32. The van der Waals surface area contributed by atoms with E-state index in [0.29, 0.717) is 33.9 Å². The van der Waals surface area contributed by atoms with Crippen molar-refractivity contribution >= 4 is 39.1 Å². The third-order valence-electron chi connectivity index (χ3n) is 3.14. The molecule has 0 aromatic carbocycles. The lowest BCUT2D eigenvalue weighted by Crippen LogP contribution is -2.39. The number of hydrogen-bond donors (Lipinski definition) is 2. The van der Waals surface area contributed by atoms with Gasteiger partial charge in [0, 0.05) is 18.5 Å². The van der Waals surface area contributed by atoms with E-state index in [-0.39, 0.29) is 18.4 Å². The number of rotatable bonds is 5. The molecule has 112 valence electrons. The normalized spacial score (nSPS) is 10.6. The molecule has 0 unspecified atom stereocenters. The smallest absolute Gasteiger partial charge is 0.264 e. The molecule has 3 N–H and O–H groups in total. The Morgan fingerprint density at radius 2 is 2.10 bits per heavy atom. The highest BCUT2D eigenvalue weighted by molar-refractivity contribution is 7.21. The second kappa shape index (κ2) is 6.49. The zero-order chi connectivity index (χ0) is 15.4. The van der Waals surface area contributed by atoms with Gasteiger partial charge in [-0.25, -0.2) is 0 Å². The second-order valence-electron chi connectivity index (χ2n) is 4.34. The minimum atomic E-state index is -0.365. The number of hydrogen-bond acceptors (Lipinski definition) is 6. The minimum Gasteiger partial charge on any atom is -0.397 e. The number of nitrogens with two attached hydrogens (primary N) is 1. The van der Waals surface area contributed by atoms with E-state index in [2.05, 4.69) is 15.5 Å². The maximum absolute atomic E-state index is 12.1. The van der Waals surface area contributed by atoms with Gasteiger partial charge in [0.25, 0.3) is 5.91 Å². The van der Waals surface area contributed by atoms with E-state index in [4.69, 9.17) is 5.73 Å². The van der Waals surface area contributed by atoms with E-state index < -0.39 is 0 Å². The maximum Gasteiger partial charge on any atom is 0.264 e. The Bertz CT molecular complexity index is 666. The molecule has 2 amide bonds. The molecular weight excluding hydrogens is 290 g/mol. The van der Waals surface area contributed by atoms with Gasteiger partial charge in [-0.05, 0) is 19.9 Å². The molecule has 0 aliphatic heterocycles. The highest BCUT2D eigenvalue weighted by Crippen LogP contribution is 2.31. The van der Waals surface area contributed by atoms with Crippen LogP contribution in [0.25, 0.3) is 10.2 Å². The molecule has 0 spiro atoms. The van der Waals surface area contributed by atoms with Gasteiger partial charge in [0.2, 0.25) is 5.91 Å². The molecule has 21 heavy (non-hydrogen) atoms. The van der Waals surface area contributed by atoms with Crippen LogP contribution in [0.15, 0.2) is 12.3 Å². The molecule has 0 bridgehead atoms. The van der Waals surface area contributed by atoms with Crippen LogP contribution in [0, 0.1) is 0 Å². The number of aromatic nitrogens is 2. The van der Waals surface area contributed by atoms with Crippen LogP contribution in [0.3, 0.4) is 0 Å². The summed E-state index contributed by atoms with van der Waals surface area (Å²) < 4.78 is 0. The Kier molecular flexibility index (Phi) is 4.69. The van der Waals surface area contributed by atoms with Crippen molar-refractivity contribution in [2.45, 2.75) is 13.8 Å². The fraction of sp³-hybridized carbons (Fsp3) is 0.385. The third-order valence-corrected chi connectivity index (χ3v) is 4.25. The fourth-order valence-electron chi connectivity index (χ4n) is 1.97. The van der Waals surface area contributed by atoms with Crippen molar-refractivity contribution in [1.29, 1.82) is 0 Å². The Morgan fingerprint density at radius 3 is 2.71 bits per heavy atom. The lowest BCUT2D eigenvalue weighted by Gasteiger charge is -2.18. The molecule has 0 aliphatic rings. The molecule has 0 atom stereocenters. The van der Waals surface area contributed by atoms with E-state index >= 15 is 0 Å². The van der Waals surface area contributed by atoms with Crippen molar-refractivity contribution in [3.8, 4) is 0 Å². The highest BCUT2D eigenvalue weighted by atomic mass is 32.1. The van der Waals surface area contributed by atoms with Gasteiger partial charge in [0.05, 0.1) is 18.4 Å². The number of likely N-dealkylation sites (N-methyl/N-ethyl adjacent to an activating group) is 1. The third kappa shape index (κ3) is 3.10. The van der Waals surface area contributed by atoms with E-state index in [1.165, 1.54) is 17.5 Å². The average molecular weight is 307 g/mol. The number of nitrogen functional groups attached to an aromatic ring is 1. The monoisotopic (exact) mass is 307 g/mol. The van der Waals surface area contributed by atoms with Crippen LogP contribution >= 0.6 is 11.3 Å². The summed E-state index contributed by atoms with van der Waals surface area (Å²) in [5, 5.41) is 11.0. The number of nitrogens with zero attached hydrogens (tertiary/aromatic N) is 3. The Labute approximate surface area is 126 Å². The number of carbonyl (C=O) groups excluding carboxylic acids is 2. The van der Waals surface area contributed by atoms with Crippen LogP contribution in [0.1, 0.15) is 23.5 Å². The lowest BCUT2D eigenvalue weighted by atomic mass is 10.3. The molecule has 7 nitrogen and oxygen atoms in total. The molecule has 2 rings (SSSR count). The number of thiophene rings is 1. The van der Waals surface area contributed by atoms with Gasteiger partial charge < -0.3 is 16.0 Å². The zero-order valence-electron chi connectivity index (χ0n) is 11.9. The summed E-state index contributed by atoms with van der Waals surface area (Å²) in [6.07, 6.45) is 1.52. The van der Waals surface area contributed by atoms with Crippen molar-refractivity contribution in [2.75, 3.05) is 25.4 Å². The van der Waals surface area contributed by atoms with Gasteiger partial charge in [0.15, 0.2) is 0 Å². The maximum atomic E-state index is 12.1. The quantitative estimate of drug-likeness (QED) is 0.853. The largest absolute Gasteiger partial charge is 0.397 e. The number of amides is 2.